The van der Waals surface area contributed by atoms with Gasteiger partial charge in [-0.2, -0.15) is 0 Å². The molecule has 0 aliphatic heterocycles. The van der Waals surface area contributed by atoms with Crippen LogP contribution in [0.4, 0.5) is 4.39 Å². The summed E-state index contributed by atoms with van der Waals surface area (Å²) in [5.74, 6) is 0.218. The van der Waals surface area contributed by atoms with Crippen molar-refractivity contribution in [1.29, 1.82) is 0 Å². The van der Waals surface area contributed by atoms with Crippen molar-refractivity contribution in [3.63, 3.8) is 0 Å². The molecule has 0 saturated carbocycles. The summed E-state index contributed by atoms with van der Waals surface area (Å²) in [4.78, 5) is 20.4. The molecule has 0 saturated heterocycles. The molecule has 0 fully saturated rings. The van der Waals surface area contributed by atoms with Gasteiger partial charge in [0.2, 0.25) is 5.88 Å². The van der Waals surface area contributed by atoms with E-state index in [-0.39, 0.29) is 18.0 Å². The van der Waals surface area contributed by atoms with Crippen molar-refractivity contribution in [1.82, 2.24) is 14.5 Å². The average Bonchev–Trinajstić information content (AvgIpc) is 2.33. The van der Waals surface area contributed by atoms with Gasteiger partial charge in [0.25, 0.3) is 5.56 Å². The highest BCUT2D eigenvalue weighted by Crippen LogP contribution is 2.15. The topological polar surface area (TPSA) is 57.0 Å². The third-order valence-corrected chi connectivity index (χ3v) is 2.83. The number of halogens is 1. The lowest BCUT2D eigenvalue weighted by Gasteiger charge is -2.25. The summed E-state index contributed by atoms with van der Waals surface area (Å²) < 4.78 is 20.1. The maximum Gasteiger partial charge on any atom is 0.254 e. The van der Waals surface area contributed by atoms with Gasteiger partial charge in [-0.25, -0.2) is 14.4 Å². The predicted octanol–water partition coefficient (Wildman–Crippen LogP) is 2.42. The molecular weight excluding hydrogens is 273 g/mol. The second-order valence-corrected chi connectivity index (χ2v) is 5.76. The molecule has 0 aromatic carbocycles. The van der Waals surface area contributed by atoms with Crippen molar-refractivity contribution < 1.29 is 9.13 Å². The average molecular weight is 291 g/mol. The van der Waals surface area contributed by atoms with E-state index in [2.05, 4.69) is 9.97 Å². The first-order chi connectivity index (χ1) is 9.77. The Balaban J connectivity index is 2.33. The monoisotopic (exact) mass is 291 g/mol. The Morgan fingerprint density at radius 1 is 1.33 bits per heavy atom. The van der Waals surface area contributed by atoms with E-state index in [4.69, 9.17) is 4.74 Å². The Hall–Kier alpha value is -2.24. The van der Waals surface area contributed by atoms with Gasteiger partial charge in [0.15, 0.2) is 0 Å². The van der Waals surface area contributed by atoms with Gasteiger partial charge in [0.1, 0.15) is 18.2 Å². The van der Waals surface area contributed by atoms with Gasteiger partial charge in [-0.15, -0.1) is 0 Å². The van der Waals surface area contributed by atoms with Crippen LogP contribution in [0.5, 0.6) is 5.88 Å². The fraction of sp³-hybridized carbons (Fsp3) is 0.400. The van der Waals surface area contributed by atoms with Crippen LogP contribution in [0.1, 0.15) is 32.3 Å². The van der Waals surface area contributed by atoms with Crippen molar-refractivity contribution >= 4 is 0 Å². The van der Waals surface area contributed by atoms with Crippen molar-refractivity contribution in [2.24, 2.45) is 0 Å². The SMILES string of the molecule is Cc1cc(=O)n(C(C)(C)C)c(COc2cc(F)ccn2)n1. The van der Waals surface area contributed by atoms with Crippen LogP contribution in [-0.4, -0.2) is 14.5 Å². The lowest BCUT2D eigenvalue weighted by Crippen LogP contribution is -2.37. The van der Waals surface area contributed by atoms with Crippen LogP contribution in [0.2, 0.25) is 0 Å². The molecule has 0 spiro atoms. The van der Waals surface area contributed by atoms with Gasteiger partial charge in [-0.1, -0.05) is 0 Å². The van der Waals surface area contributed by atoms with Crippen LogP contribution >= 0.6 is 0 Å². The van der Waals surface area contributed by atoms with Gasteiger partial charge in [-0.05, 0) is 33.8 Å². The molecule has 2 heterocycles. The van der Waals surface area contributed by atoms with E-state index in [1.807, 2.05) is 20.8 Å². The molecule has 0 bridgehead atoms. The van der Waals surface area contributed by atoms with Gasteiger partial charge in [0.05, 0.1) is 0 Å². The Morgan fingerprint density at radius 3 is 2.67 bits per heavy atom. The minimum atomic E-state index is -0.426. The van der Waals surface area contributed by atoms with Crippen molar-refractivity contribution in [3.8, 4) is 5.88 Å². The van der Waals surface area contributed by atoms with Gasteiger partial charge >= 0.3 is 0 Å². The van der Waals surface area contributed by atoms with Crippen molar-refractivity contribution in [3.05, 3.63) is 52.1 Å². The van der Waals surface area contributed by atoms with Crippen LogP contribution in [0.15, 0.2) is 29.2 Å². The summed E-state index contributed by atoms with van der Waals surface area (Å²) >= 11 is 0. The number of aryl methyl sites for hydroxylation is 1. The van der Waals surface area contributed by atoms with Crippen molar-refractivity contribution in [2.75, 3.05) is 0 Å². The van der Waals surface area contributed by atoms with Gasteiger partial charge < -0.3 is 4.74 Å². The molecule has 2 aromatic heterocycles. The smallest absolute Gasteiger partial charge is 0.254 e. The van der Waals surface area contributed by atoms with Crippen LogP contribution in [0, 0.1) is 12.7 Å². The number of aromatic nitrogens is 3. The quantitative estimate of drug-likeness (QED) is 0.871. The first kappa shape index (κ1) is 15.2. The van der Waals surface area contributed by atoms with E-state index in [1.165, 1.54) is 24.4 Å². The molecule has 5 nitrogen and oxygen atoms in total. The molecule has 0 unspecified atom stereocenters. The number of pyridine rings is 1. The lowest BCUT2D eigenvalue weighted by atomic mass is 10.1. The minimum Gasteiger partial charge on any atom is -0.469 e. The maximum atomic E-state index is 13.1. The van der Waals surface area contributed by atoms with Crippen molar-refractivity contribution in [2.45, 2.75) is 39.8 Å². The summed E-state index contributed by atoms with van der Waals surface area (Å²) in [6, 6.07) is 3.91. The third-order valence-electron chi connectivity index (χ3n) is 2.83. The highest BCUT2D eigenvalue weighted by atomic mass is 19.1. The van der Waals surface area contributed by atoms with Crippen LogP contribution in [-0.2, 0) is 12.1 Å². The first-order valence-corrected chi connectivity index (χ1v) is 6.62. The first-order valence-electron chi connectivity index (χ1n) is 6.62. The molecule has 0 radical (unpaired) electrons. The Morgan fingerprint density at radius 2 is 2.05 bits per heavy atom. The summed E-state index contributed by atoms with van der Waals surface area (Å²) in [6.07, 6.45) is 1.32. The maximum absolute atomic E-state index is 13.1. The fourth-order valence-electron chi connectivity index (χ4n) is 2.07. The minimum absolute atomic E-state index is 0.0463. The third kappa shape index (κ3) is 3.65. The van der Waals surface area contributed by atoms with Gasteiger partial charge in [-0.3, -0.25) is 9.36 Å². The molecule has 6 heteroatoms. The van der Waals surface area contributed by atoms with Crippen LogP contribution in [0.25, 0.3) is 0 Å². The van der Waals surface area contributed by atoms with E-state index in [9.17, 15) is 9.18 Å². The van der Waals surface area contributed by atoms with Crippen LogP contribution < -0.4 is 10.3 Å². The number of hydrogen-bond donors (Lipinski definition) is 0. The molecule has 0 aliphatic carbocycles. The summed E-state index contributed by atoms with van der Waals surface area (Å²) in [7, 11) is 0. The highest BCUT2D eigenvalue weighted by Gasteiger charge is 2.20. The largest absolute Gasteiger partial charge is 0.469 e. The van der Waals surface area contributed by atoms with E-state index in [1.54, 1.807) is 11.5 Å². The Bertz CT molecular complexity index is 705. The number of nitrogens with zero attached hydrogens (tertiary/aromatic N) is 3. The summed E-state index contributed by atoms with van der Waals surface area (Å²) in [5.41, 5.74) is 0.0540. The standard InChI is InChI=1S/C15H18FN3O2/c1-10-7-14(20)19(15(2,3)4)12(18-10)9-21-13-8-11(16)5-6-17-13/h5-8H,9H2,1-4H3. The summed E-state index contributed by atoms with van der Waals surface area (Å²) in [6.45, 7) is 7.53. The molecule has 0 atom stereocenters. The number of hydrogen-bond acceptors (Lipinski definition) is 4. The van der Waals surface area contributed by atoms with E-state index in [0.717, 1.165) is 0 Å². The predicted molar refractivity (Wildman–Crippen MR) is 76.8 cm³/mol. The highest BCUT2D eigenvalue weighted by molar-refractivity contribution is 5.12. The molecule has 112 valence electrons. The molecular formula is C15H18FN3O2. The van der Waals surface area contributed by atoms with E-state index < -0.39 is 11.4 Å². The van der Waals surface area contributed by atoms with Crippen LogP contribution in [0.3, 0.4) is 0 Å². The number of ether oxygens (including phenoxy) is 1. The van der Waals surface area contributed by atoms with E-state index in [0.29, 0.717) is 11.5 Å². The molecule has 0 aliphatic rings. The molecule has 2 rings (SSSR count). The van der Waals surface area contributed by atoms with E-state index >= 15 is 0 Å². The second-order valence-electron chi connectivity index (χ2n) is 5.76. The van der Waals surface area contributed by atoms with Gasteiger partial charge in [0, 0.05) is 29.6 Å². The molecule has 0 amide bonds. The summed E-state index contributed by atoms with van der Waals surface area (Å²) in [5, 5.41) is 0. The molecule has 0 N–H and O–H groups in total. The zero-order valence-electron chi connectivity index (χ0n) is 12.6. The number of rotatable bonds is 3. The zero-order valence-corrected chi connectivity index (χ0v) is 12.6. The second kappa shape index (κ2) is 5.63. The lowest BCUT2D eigenvalue weighted by molar-refractivity contribution is 0.253. The normalized spacial score (nSPS) is 11.5. The fourth-order valence-corrected chi connectivity index (χ4v) is 2.07. The molecule has 2 aromatic rings. The molecule has 21 heavy (non-hydrogen) atoms. The zero-order chi connectivity index (χ0) is 15.6. The Labute approximate surface area is 122 Å². The Kier molecular flexibility index (Phi) is 4.06.